The largest absolute Gasteiger partial charge is 0.496 e. The van der Waals surface area contributed by atoms with E-state index in [2.05, 4.69) is 96.3 Å². The molecule has 0 aromatic heterocycles. The van der Waals surface area contributed by atoms with Gasteiger partial charge in [0.1, 0.15) is 11.5 Å². The van der Waals surface area contributed by atoms with Gasteiger partial charge in [-0.1, -0.05) is 170 Å². The number of fused-ring (bicyclic) bond motifs is 4. The van der Waals surface area contributed by atoms with Crippen LogP contribution in [0, 0.1) is 0 Å². The van der Waals surface area contributed by atoms with Gasteiger partial charge in [-0.15, -0.1) is 0 Å². The summed E-state index contributed by atoms with van der Waals surface area (Å²) in [7, 11) is 3.15. The van der Waals surface area contributed by atoms with Gasteiger partial charge in [-0.25, -0.2) is 0 Å². The van der Waals surface area contributed by atoms with Gasteiger partial charge in [0.05, 0.1) is 25.3 Å². The number of hydrogen-bond donors (Lipinski definition) is 1. The number of halogens is 1. The molecule has 0 heterocycles. The Morgan fingerprint density at radius 1 is 0.524 bits per heavy atom. The van der Waals surface area contributed by atoms with Crippen LogP contribution in [0.25, 0.3) is 21.5 Å². The zero-order chi connectivity index (χ0) is 43.5. The van der Waals surface area contributed by atoms with Crippen LogP contribution >= 0.6 is 11.6 Å². The first-order valence-electron chi connectivity index (χ1n) is 21.5. The maximum Gasteiger partial charge on any atom is 0.258 e. The van der Waals surface area contributed by atoms with E-state index in [4.69, 9.17) is 21.1 Å². The molecule has 1 N–H and O–H groups in total. The Kier molecular flexibility index (Phi) is 13.9. The van der Waals surface area contributed by atoms with Gasteiger partial charge in [-0.05, 0) is 104 Å². The van der Waals surface area contributed by atoms with E-state index < -0.39 is 5.24 Å². The predicted octanol–water partition coefficient (Wildman–Crippen LogP) is 11.8. The topological polar surface area (TPSA) is 67.9 Å². The number of carbonyl (C=O) groups is 2. The molecule has 8 aromatic rings. The average Bonchev–Trinajstić information content (AvgIpc) is 3.97. The highest BCUT2D eigenvalue weighted by Crippen LogP contribution is 2.34. The second-order valence-electron chi connectivity index (χ2n) is 16.0. The first-order chi connectivity index (χ1) is 30.9. The summed E-state index contributed by atoms with van der Waals surface area (Å²) in [6.07, 6.45) is 4.09. The van der Waals surface area contributed by atoms with Crippen LogP contribution in [0.1, 0.15) is 54.1 Å². The molecule has 0 bridgehead atoms. The lowest BCUT2D eigenvalue weighted by Crippen LogP contribution is -2.40. The maximum atomic E-state index is 14.1. The number of ether oxygens (including phenoxy) is 2. The molecular weight excluding hydrogens is 800 g/mol. The van der Waals surface area contributed by atoms with Gasteiger partial charge in [0.2, 0.25) is 0 Å². The van der Waals surface area contributed by atoms with Crippen molar-refractivity contribution in [2.75, 3.05) is 14.2 Å². The van der Waals surface area contributed by atoms with Crippen molar-refractivity contribution in [2.45, 2.75) is 50.9 Å². The van der Waals surface area contributed by atoms with Gasteiger partial charge in [0, 0.05) is 25.2 Å². The minimum absolute atomic E-state index is 0.0234. The van der Waals surface area contributed by atoms with Crippen molar-refractivity contribution in [1.82, 2.24) is 10.2 Å². The number of amides is 1. The zero-order valence-electron chi connectivity index (χ0n) is 35.7. The molecule has 7 heteroatoms. The number of benzene rings is 8. The molecule has 0 unspecified atom stereocenters. The molecule has 0 saturated carbocycles. The van der Waals surface area contributed by atoms with Crippen LogP contribution < -0.4 is 14.8 Å². The standard InChI is InChI=1S/C28H25NO2.C16H17N.C12H9ClO2/c1-31-26-16-15-21-11-7-8-14-25(21)27(26)28(30)29(19-20-9-3-2-4-10-20)24-17-22-12-5-6-13-23(22)18-24;1-2-6-13(7-3-1)12-17-16-10-14-8-4-5-9-15(14)11-16;1-15-10-7-6-8-4-2-3-5-9(8)11(10)12(13)14/h2-16,24H,17-19H2,1H3;1-9,16-17H,10-12H2;2-7H,1H3. The Morgan fingerprint density at radius 3 is 1.46 bits per heavy atom. The molecule has 10 rings (SSSR count). The van der Waals surface area contributed by atoms with E-state index in [1.165, 1.54) is 47.8 Å². The lowest BCUT2D eigenvalue weighted by atomic mass is 10.0. The van der Waals surface area contributed by atoms with Crippen LogP contribution in [0.15, 0.2) is 182 Å². The van der Waals surface area contributed by atoms with Gasteiger partial charge in [-0.3, -0.25) is 9.59 Å². The predicted molar refractivity (Wildman–Crippen MR) is 256 cm³/mol. The van der Waals surface area contributed by atoms with Crippen LogP contribution in [0.5, 0.6) is 11.5 Å². The Hall–Kier alpha value is -6.73. The Balaban J connectivity index is 0.000000143. The Labute approximate surface area is 375 Å². The Morgan fingerprint density at radius 2 is 0.952 bits per heavy atom. The summed E-state index contributed by atoms with van der Waals surface area (Å²) in [5.41, 5.74) is 9.27. The molecule has 8 aromatic carbocycles. The monoisotopic (exact) mass is 850 g/mol. The van der Waals surface area contributed by atoms with Crippen molar-refractivity contribution in [2.24, 2.45) is 0 Å². The lowest BCUT2D eigenvalue weighted by Gasteiger charge is -2.30. The molecule has 0 atom stereocenters. The van der Waals surface area contributed by atoms with Gasteiger partial charge < -0.3 is 19.7 Å². The summed E-state index contributed by atoms with van der Waals surface area (Å²) in [5, 5.41) is 6.91. The quantitative estimate of drug-likeness (QED) is 0.139. The number of nitrogens with zero attached hydrogens (tertiary/aromatic N) is 1. The molecule has 6 nitrogen and oxygen atoms in total. The second kappa shape index (κ2) is 20.4. The molecule has 0 spiro atoms. The minimum Gasteiger partial charge on any atom is -0.496 e. The molecule has 316 valence electrons. The van der Waals surface area contributed by atoms with Crippen molar-refractivity contribution >= 4 is 44.3 Å². The molecule has 2 aliphatic rings. The number of nitrogens with one attached hydrogen (secondary N) is 1. The van der Waals surface area contributed by atoms with Crippen molar-refractivity contribution in [3.63, 3.8) is 0 Å². The lowest BCUT2D eigenvalue weighted by molar-refractivity contribution is 0.0666. The van der Waals surface area contributed by atoms with E-state index in [-0.39, 0.29) is 11.9 Å². The van der Waals surface area contributed by atoms with Crippen LogP contribution in [0.4, 0.5) is 0 Å². The molecule has 0 saturated heterocycles. The minimum atomic E-state index is -0.497. The fourth-order valence-electron chi connectivity index (χ4n) is 8.87. The number of methoxy groups -OCH3 is 2. The summed E-state index contributed by atoms with van der Waals surface area (Å²) in [6, 6.07) is 62.0. The summed E-state index contributed by atoms with van der Waals surface area (Å²) in [4.78, 5) is 27.5. The number of rotatable bonds is 10. The summed E-state index contributed by atoms with van der Waals surface area (Å²) < 4.78 is 10.8. The van der Waals surface area contributed by atoms with Gasteiger partial charge in [0.25, 0.3) is 11.1 Å². The second-order valence-corrected chi connectivity index (χ2v) is 16.3. The van der Waals surface area contributed by atoms with E-state index in [0.29, 0.717) is 35.2 Å². The molecule has 0 fully saturated rings. The first-order valence-corrected chi connectivity index (χ1v) is 21.8. The highest BCUT2D eigenvalue weighted by molar-refractivity contribution is 6.69. The van der Waals surface area contributed by atoms with Gasteiger partial charge >= 0.3 is 0 Å². The smallest absolute Gasteiger partial charge is 0.258 e. The summed E-state index contributed by atoms with van der Waals surface area (Å²) in [5.74, 6) is 1.15. The van der Waals surface area contributed by atoms with Gasteiger partial charge in [0.15, 0.2) is 0 Å². The molecule has 0 radical (unpaired) electrons. The highest BCUT2D eigenvalue weighted by Gasteiger charge is 2.32. The van der Waals surface area contributed by atoms with Crippen molar-refractivity contribution in [3.05, 3.63) is 226 Å². The Bertz CT molecular complexity index is 2780. The van der Waals surface area contributed by atoms with Crippen LogP contribution in [0.2, 0.25) is 0 Å². The van der Waals surface area contributed by atoms with Crippen molar-refractivity contribution in [1.29, 1.82) is 0 Å². The third kappa shape index (κ3) is 10.2. The summed E-state index contributed by atoms with van der Waals surface area (Å²) in [6.45, 7) is 1.55. The summed E-state index contributed by atoms with van der Waals surface area (Å²) >= 11 is 5.55. The van der Waals surface area contributed by atoms with Crippen LogP contribution in [-0.4, -0.2) is 42.4 Å². The molecule has 0 aliphatic heterocycles. The third-order valence-corrected chi connectivity index (χ3v) is 12.2. The first kappa shape index (κ1) is 42.9. The molecular formula is C56H51ClN2O4. The average molecular weight is 851 g/mol. The maximum absolute atomic E-state index is 14.1. The van der Waals surface area contributed by atoms with E-state index in [1.807, 2.05) is 89.8 Å². The van der Waals surface area contributed by atoms with Gasteiger partial charge in [-0.2, -0.15) is 0 Å². The highest BCUT2D eigenvalue weighted by atomic mass is 35.5. The normalized spacial score (nSPS) is 12.9. The number of carbonyl (C=O) groups excluding carboxylic acids is 2. The third-order valence-electron chi connectivity index (χ3n) is 12.0. The fraction of sp³-hybridized carbons (Fsp3) is 0.179. The van der Waals surface area contributed by atoms with E-state index in [0.717, 1.165) is 46.5 Å². The zero-order valence-corrected chi connectivity index (χ0v) is 36.4. The van der Waals surface area contributed by atoms with Crippen LogP contribution in [0.3, 0.4) is 0 Å². The van der Waals surface area contributed by atoms with Crippen molar-refractivity contribution < 1.29 is 19.1 Å². The number of hydrogen-bond acceptors (Lipinski definition) is 5. The van der Waals surface area contributed by atoms with E-state index in [9.17, 15) is 9.59 Å². The SMILES string of the molecule is COc1ccc2ccccc2c1C(=O)Cl.COc1ccc2ccccc2c1C(=O)N(Cc1ccccc1)C1Cc2ccccc2C1.c1ccc(CNC2Cc3ccccc3C2)cc1. The van der Waals surface area contributed by atoms with E-state index >= 15 is 0 Å². The molecule has 2 aliphatic carbocycles. The molecule has 63 heavy (non-hydrogen) atoms. The molecule has 1 amide bonds. The van der Waals surface area contributed by atoms with Crippen molar-refractivity contribution in [3.8, 4) is 11.5 Å². The van der Waals surface area contributed by atoms with E-state index in [1.54, 1.807) is 13.2 Å². The fourth-order valence-corrected chi connectivity index (χ4v) is 9.07. The van der Waals surface area contributed by atoms with Crippen LogP contribution in [-0.2, 0) is 38.8 Å².